The Balaban J connectivity index is 1.43. The molecule has 0 unspecified atom stereocenters. The van der Waals surface area contributed by atoms with E-state index in [9.17, 15) is 19.1 Å². The molecule has 1 aromatic carbocycles. The predicted molar refractivity (Wildman–Crippen MR) is 97.7 cm³/mol. The van der Waals surface area contributed by atoms with Crippen molar-refractivity contribution in [3.05, 3.63) is 30.1 Å². The van der Waals surface area contributed by atoms with Gasteiger partial charge in [-0.1, -0.05) is 12.1 Å². The van der Waals surface area contributed by atoms with Crippen molar-refractivity contribution in [3.8, 4) is 0 Å². The lowest BCUT2D eigenvalue weighted by Crippen LogP contribution is -2.52. The van der Waals surface area contributed by atoms with Crippen LogP contribution in [0.1, 0.15) is 32.1 Å². The van der Waals surface area contributed by atoms with E-state index in [0.29, 0.717) is 25.8 Å². The summed E-state index contributed by atoms with van der Waals surface area (Å²) in [4.78, 5) is 23.8. The SMILES string of the molecule is O=C(Nc1ccccc1F)N[C@@H]1CC[C@H](CCNC(=O)C2CC2)O[C@H]1CO. The van der Waals surface area contributed by atoms with Gasteiger partial charge < -0.3 is 25.8 Å². The van der Waals surface area contributed by atoms with Crippen molar-refractivity contribution < 1.29 is 23.8 Å². The average Bonchev–Trinajstić information content (AvgIpc) is 3.50. The van der Waals surface area contributed by atoms with Gasteiger partial charge in [0.1, 0.15) is 11.9 Å². The molecule has 1 saturated carbocycles. The van der Waals surface area contributed by atoms with E-state index >= 15 is 0 Å². The summed E-state index contributed by atoms with van der Waals surface area (Å²) in [7, 11) is 0. The molecular weight excluding hydrogens is 353 g/mol. The van der Waals surface area contributed by atoms with Gasteiger partial charge in [0, 0.05) is 12.5 Å². The van der Waals surface area contributed by atoms with Crippen LogP contribution in [0.25, 0.3) is 0 Å². The minimum atomic E-state index is -0.540. The van der Waals surface area contributed by atoms with Crippen LogP contribution < -0.4 is 16.0 Å². The number of nitrogens with one attached hydrogen (secondary N) is 3. The van der Waals surface area contributed by atoms with Crippen LogP contribution >= 0.6 is 0 Å². The summed E-state index contributed by atoms with van der Waals surface area (Å²) >= 11 is 0. The summed E-state index contributed by atoms with van der Waals surface area (Å²) in [6.45, 7) is 0.319. The molecule has 1 aromatic rings. The number of para-hydroxylation sites is 1. The third-order valence-electron chi connectivity index (χ3n) is 4.95. The predicted octanol–water partition coefficient (Wildman–Crippen LogP) is 1.77. The number of amides is 3. The molecule has 3 rings (SSSR count). The minimum Gasteiger partial charge on any atom is -0.394 e. The number of hydrogen-bond donors (Lipinski definition) is 4. The highest BCUT2D eigenvalue weighted by atomic mass is 19.1. The Morgan fingerprint density at radius 3 is 2.67 bits per heavy atom. The van der Waals surface area contributed by atoms with Gasteiger partial charge >= 0.3 is 6.03 Å². The lowest BCUT2D eigenvalue weighted by molar-refractivity contribution is -0.122. The van der Waals surface area contributed by atoms with Crippen molar-refractivity contribution >= 4 is 17.6 Å². The van der Waals surface area contributed by atoms with Crippen LogP contribution in [-0.4, -0.2) is 48.4 Å². The van der Waals surface area contributed by atoms with Crippen LogP contribution in [0.15, 0.2) is 24.3 Å². The van der Waals surface area contributed by atoms with Crippen molar-refractivity contribution in [3.63, 3.8) is 0 Å². The molecule has 4 N–H and O–H groups in total. The molecule has 0 spiro atoms. The molecule has 0 bridgehead atoms. The molecule has 0 aromatic heterocycles. The molecule has 27 heavy (non-hydrogen) atoms. The highest BCUT2D eigenvalue weighted by Crippen LogP contribution is 2.29. The fourth-order valence-electron chi connectivity index (χ4n) is 3.24. The van der Waals surface area contributed by atoms with Gasteiger partial charge in [-0.25, -0.2) is 9.18 Å². The standard InChI is InChI=1S/C19H26FN3O4/c20-14-3-1-2-4-15(14)22-19(26)23-16-8-7-13(27-17(16)11-24)9-10-21-18(25)12-5-6-12/h1-4,12-13,16-17,24H,5-11H2,(H,21,25)(H2,22,23,26)/t13-,16-,17+/m1/s1. The first-order valence-corrected chi connectivity index (χ1v) is 9.43. The normalized spacial score (nSPS) is 24.9. The first-order chi connectivity index (χ1) is 13.1. The van der Waals surface area contributed by atoms with E-state index in [-0.39, 0.29) is 36.3 Å². The fraction of sp³-hybridized carbons (Fsp3) is 0.579. The Hall–Kier alpha value is -2.19. The quantitative estimate of drug-likeness (QED) is 0.580. The van der Waals surface area contributed by atoms with Crippen LogP contribution in [0.3, 0.4) is 0 Å². The van der Waals surface area contributed by atoms with Gasteiger partial charge in [-0.15, -0.1) is 0 Å². The Morgan fingerprint density at radius 1 is 1.19 bits per heavy atom. The molecule has 148 valence electrons. The third-order valence-corrected chi connectivity index (χ3v) is 4.95. The molecular formula is C19H26FN3O4. The summed E-state index contributed by atoms with van der Waals surface area (Å²) in [6, 6.07) is 5.01. The molecule has 2 aliphatic rings. The summed E-state index contributed by atoms with van der Waals surface area (Å²) < 4.78 is 19.5. The van der Waals surface area contributed by atoms with Gasteiger partial charge in [-0.05, 0) is 44.2 Å². The Bertz CT molecular complexity index is 668. The van der Waals surface area contributed by atoms with E-state index in [1.807, 2.05) is 0 Å². The van der Waals surface area contributed by atoms with Gasteiger partial charge in [0.15, 0.2) is 0 Å². The van der Waals surface area contributed by atoms with Crippen molar-refractivity contribution in [2.75, 3.05) is 18.5 Å². The maximum absolute atomic E-state index is 13.6. The molecule has 8 heteroatoms. The largest absolute Gasteiger partial charge is 0.394 e. The van der Waals surface area contributed by atoms with Gasteiger partial charge in [0.2, 0.25) is 5.91 Å². The Morgan fingerprint density at radius 2 is 1.96 bits per heavy atom. The van der Waals surface area contributed by atoms with E-state index < -0.39 is 18.0 Å². The summed E-state index contributed by atoms with van der Waals surface area (Å²) in [5.74, 6) is -0.225. The smallest absolute Gasteiger partial charge is 0.319 e. The van der Waals surface area contributed by atoms with Gasteiger partial charge in [-0.2, -0.15) is 0 Å². The monoisotopic (exact) mass is 379 g/mol. The number of urea groups is 1. The van der Waals surface area contributed by atoms with E-state index in [4.69, 9.17) is 4.74 Å². The third kappa shape index (κ3) is 5.64. The van der Waals surface area contributed by atoms with E-state index in [2.05, 4.69) is 16.0 Å². The number of anilines is 1. The minimum absolute atomic E-state index is 0.0747. The number of carbonyl (C=O) groups excluding carboxylic acids is 2. The maximum atomic E-state index is 13.6. The van der Waals surface area contributed by atoms with Crippen molar-refractivity contribution in [1.82, 2.24) is 10.6 Å². The fourth-order valence-corrected chi connectivity index (χ4v) is 3.24. The Kier molecular flexibility index (Phi) is 6.63. The first kappa shape index (κ1) is 19.6. The lowest BCUT2D eigenvalue weighted by atomic mass is 9.97. The summed E-state index contributed by atoms with van der Waals surface area (Å²) in [5, 5.41) is 17.7. The van der Waals surface area contributed by atoms with Crippen LogP contribution in [0.4, 0.5) is 14.9 Å². The Labute approximate surface area is 157 Å². The van der Waals surface area contributed by atoms with Gasteiger partial charge in [0.25, 0.3) is 0 Å². The second-order valence-corrected chi connectivity index (χ2v) is 7.10. The van der Waals surface area contributed by atoms with E-state index in [0.717, 1.165) is 12.8 Å². The number of aliphatic hydroxyl groups is 1. The van der Waals surface area contributed by atoms with E-state index in [1.165, 1.54) is 12.1 Å². The summed E-state index contributed by atoms with van der Waals surface area (Å²) in [5.41, 5.74) is 0.0940. The van der Waals surface area contributed by atoms with Crippen molar-refractivity contribution in [2.45, 2.75) is 50.4 Å². The highest BCUT2D eigenvalue weighted by Gasteiger charge is 2.33. The molecule has 1 saturated heterocycles. The molecule has 1 aliphatic heterocycles. The van der Waals surface area contributed by atoms with Crippen molar-refractivity contribution in [2.24, 2.45) is 5.92 Å². The zero-order valence-corrected chi connectivity index (χ0v) is 15.1. The number of hydrogen-bond acceptors (Lipinski definition) is 4. The van der Waals surface area contributed by atoms with E-state index in [1.54, 1.807) is 12.1 Å². The summed E-state index contributed by atoms with van der Waals surface area (Å²) in [6.07, 6.45) is 3.35. The molecule has 1 heterocycles. The van der Waals surface area contributed by atoms with Crippen LogP contribution in [0.2, 0.25) is 0 Å². The van der Waals surface area contributed by atoms with Crippen molar-refractivity contribution in [1.29, 1.82) is 0 Å². The second kappa shape index (κ2) is 9.14. The number of carbonyl (C=O) groups is 2. The molecule has 7 nitrogen and oxygen atoms in total. The maximum Gasteiger partial charge on any atom is 0.319 e. The number of rotatable bonds is 7. The molecule has 1 aliphatic carbocycles. The molecule has 3 atom stereocenters. The molecule has 2 fully saturated rings. The number of halogens is 1. The molecule has 0 radical (unpaired) electrons. The lowest BCUT2D eigenvalue weighted by Gasteiger charge is -2.36. The average molecular weight is 379 g/mol. The van der Waals surface area contributed by atoms with Crippen LogP contribution in [0.5, 0.6) is 0 Å². The van der Waals surface area contributed by atoms with Gasteiger partial charge in [-0.3, -0.25) is 4.79 Å². The zero-order valence-electron chi connectivity index (χ0n) is 15.1. The number of ether oxygens (including phenoxy) is 1. The highest BCUT2D eigenvalue weighted by molar-refractivity contribution is 5.89. The number of aliphatic hydroxyl groups excluding tert-OH is 1. The van der Waals surface area contributed by atoms with Crippen LogP contribution in [-0.2, 0) is 9.53 Å². The number of benzene rings is 1. The topological polar surface area (TPSA) is 99.7 Å². The second-order valence-electron chi connectivity index (χ2n) is 7.10. The zero-order chi connectivity index (χ0) is 19.2. The molecule has 3 amide bonds. The van der Waals surface area contributed by atoms with Crippen LogP contribution in [0, 0.1) is 11.7 Å². The first-order valence-electron chi connectivity index (χ1n) is 9.43. The van der Waals surface area contributed by atoms with Gasteiger partial charge in [0.05, 0.1) is 24.4 Å².